The topological polar surface area (TPSA) is 55.8 Å². The zero-order valence-corrected chi connectivity index (χ0v) is 33.0. The molecule has 2 unspecified atom stereocenters. The fourth-order valence-corrected chi connectivity index (χ4v) is 13.7. The summed E-state index contributed by atoms with van der Waals surface area (Å²) in [5, 5.41) is 3.44. The van der Waals surface area contributed by atoms with Gasteiger partial charge in [0, 0.05) is 16.0 Å². The molecular weight excluding hydrogens is 693 g/mol. The highest BCUT2D eigenvalue weighted by atomic mass is 35.5. The van der Waals surface area contributed by atoms with Gasteiger partial charge >= 0.3 is 5.97 Å². The Morgan fingerprint density at radius 2 is 1.49 bits per heavy atom. The third-order valence-corrected chi connectivity index (χ3v) is 16.9. The normalized spacial score (nSPS) is 24.2. The Bertz CT molecular complexity index is 1790. The average Bonchev–Trinajstić information content (AvgIpc) is 3.94. The molecule has 51 heavy (non-hydrogen) atoms. The van der Waals surface area contributed by atoms with Crippen molar-refractivity contribution in [2.75, 3.05) is 13.7 Å². The van der Waals surface area contributed by atoms with Crippen LogP contribution in [0.2, 0.25) is 15.1 Å². The maximum absolute atomic E-state index is 15.4. The summed E-state index contributed by atoms with van der Waals surface area (Å²) in [6.07, 6.45) is 1.88. The molecular formula is C43H49Cl2NO4Si. The van der Waals surface area contributed by atoms with Crippen LogP contribution in [0.5, 0.6) is 0 Å². The van der Waals surface area contributed by atoms with Crippen LogP contribution >= 0.6 is 23.2 Å². The number of rotatable bonds is 11. The minimum absolute atomic E-state index is 0.0510. The number of esters is 1. The van der Waals surface area contributed by atoms with E-state index in [0.29, 0.717) is 35.9 Å². The van der Waals surface area contributed by atoms with Crippen LogP contribution < -0.4 is 10.4 Å². The van der Waals surface area contributed by atoms with Gasteiger partial charge in [-0.1, -0.05) is 143 Å². The molecule has 0 radical (unpaired) electrons. The summed E-state index contributed by atoms with van der Waals surface area (Å²) in [4.78, 5) is 30.4. The molecule has 6 atom stereocenters. The van der Waals surface area contributed by atoms with Crippen LogP contribution in [-0.2, 0) is 18.8 Å². The Balaban J connectivity index is 1.50. The van der Waals surface area contributed by atoms with Crippen LogP contribution in [0.3, 0.4) is 0 Å². The number of halogens is 2. The summed E-state index contributed by atoms with van der Waals surface area (Å²) in [6, 6.07) is 36.5. The molecule has 0 aromatic heterocycles. The number of ether oxygens (including phenoxy) is 1. The number of amides is 1. The molecule has 5 nitrogen and oxygen atoms in total. The Hall–Kier alpha value is -3.42. The van der Waals surface area contributed by atoms with Crippen LogP contribution in [0.15, 0.2) is 109 Å². The second-order valence-corrected chi connectivity index (χ2v) is 20.7. The number of carbonyl (C=O) groups is 2. The number of nitrogens with zero attached hydrogens (tertiary/aromatic N) is 1. The lowest BCUT2D eigenvalue weighted by Crippen LogP contribution is -2.68. The van der Waals surface area contributed by atoms with Crippen LogP contribution in [0, 0.1) is 17.3 Å². The zero-order chi connectivity index (χ0) is 36.6. The van der Waals surface area contributed by atoms with Gasteiger partial charge in [-0.3, -0.25) is 9.59 Å². The lowest BCUT2D eigenvalue weighted by atomic mass is 9.65. The standard InChI is InChI=1S/C43H49Cl2NO4Si/c1-7-33(28-50-51(42(2,3)4,34-17-10-8-11-18-34)35-19-12-9-13-20-35)46-39(29-21-23-31(44)24-22-29)37(30-15-14-16-32(45)25-30)27-43(5,41(46)48)38-26-36(38)40(47)49-6/h8-25,33,36-39H,7,26-28H2,1-6H3/t33-,36?,37+,38?,39+,43-/m0/s1. The molecule has 1 aliphatic carbocycles. The van der Waals surface area contributed by atoms with E-state index in [0.717, 1.165) is 11.1 Å². The summed E-state index contributed by atoms with van der Waals surface area (Å²) in [6.45, 7) is 11.4. The maximum Gasteiger partial charge on any atom is 0.308 e. The molecule has 268 valence electrons. The minimum Gasteiger partial charge on any atom is -0.469 e. The van der Waals surface area contributed by atoms with Gasteiger partial charge < -0.3 is 14.1 Å². The van der Waals surface area contributed by atoms with Gasteiger partial charge in [0.1, 0.15) is 0 Å². The predicted octanol–water partition coefficient (Wildman–Crippen LogP) is 9.22. The van der Waals surface area contributed by atoms with Gasteiger partial charge in [0.15, 0.2) is 0 Å². The maximum atomic E-state index is 15.4. The third-order valence-electron chi connectivity index (χ3n) is 11.4. The molecule has 0 N–H and O–H groups in total. The van der Waals surface area contributed by atoms with Crippen LogP contribution in [0.4, 0.5) is 0 Å². The lowest BCUT2D eigenvalue weighted by molar-refractivity contribution is -0.158. The van der Waals surface area contributed by atoms with E-state index in [-0.39, 0.29) is 46.8 Å². The first kappa shape index (κ1) is 37.3. The zero-order valence-electron chi connectivity index (χ0n) is 30.4. The number of likely N-dealkylation sites (tertiary alicyclic amines) is 1. The highest BCUT2D eigenvalue weighted by Crippen LogP contribution is 2.61. The molecule has 1 saturated heterocycles. The molecule has 4 aromatic carbocycles. The summed E-state index contributed by atoms with van der Waals surface area (Å²) in [7, 11) is -1.49. The van der Waals surface area contributed by atoms with Crippen molar-refractivity contribution < 1.29 is 18.8 Å². The number of hydrogen-bond acceptors (Lipinski definition) is 4. The minimum atomic E-state index is -2.92. The number of carbonyl (C=O) groups excluding carboxylic acids is 2. The predicted molar refractivity (Wildman–Crippen MR) is 209 cm³/mol. The van der Waals surface area contributed by atoms with Crippen molar-refractivity contribution in [2.45, 2.75) is 76.9 Å². The SMILES string of the molecule is CC[C@@H](CO[Si](c1ccccc1)(c1ccccc1)C(C)(C)C)N1C(=O)[C@](C)(C2CC2C(=O)OC)C[C@H](c2cccc(Cl)c2)[C@H]1c1ccc(Cl)cc1. The van der Waals surface area contributed by atoms with Gasteiger partial charge in [0.05, 0.1) is 37.1 Å². The number of piperidine rings is 1. The van der Waals surface area contributed by atoms with E-state index >= 15 is 4.79 Å². The first-order chi connectivity index (χ1) is 24.4. The van der Waals surface area contributed by atoms with Crippen molar-refractivity contribution in [3.63, 3.8) is 0 Å². The van der Waals surface area contributed by atoms with Crippen molar-refractivity contribution in [3.8, 4) is 0 Å². The Morgan fingerprint density at radius 3 is 2.02 bits per heavy atom. The Labute approximate surface area is 314 Å². The quantitative estimate of drug-likeness (QED) is 0.114. The molecule has 1 saturated carbocycles. The van der Waals surface area contributed by atoms with Gasteiger partial charge in [-0.2, -0.15) is 0 Å². The van der Waals surface area contributed by atoms with E-state index in [1.165, 1.54) is 17.5 Å². The van der Waals surface area contributed by atoms with E-state index in [1.807, 2.05) is 54.6 Å². The highest BCUT2D eigenvalue weighted by Gasteiger charge is 2.63. The van der Waals surface area contributed by atoms with E-state index in [4.69, 9.17) is 32.4 Å². The van der Waals surface area contributed by atoms with Crippen LogP contribution in [-0.4, -0.2) is 44.9 Å². The van der Waals surface area contributed by atoms with Crippen molar-refractivity contribution >= 4 is 53.8 Å². The second kappa shape index (κ2) is 14.9. The highest BCUT2D eigenvalue weighted by molar-refractivity contribution is 6.99. The van der Waals surface area contributed by atoms with E-state index in [2.05, 4.69) is 94.1 Å². The molecule has 0 spiro atoms. The van der Waals surface area contributed by atoms with Crippen molar-refractivity contribution in [2.24, 2.45) is 17.3 Å². The first-order valence-corrected chi connectivity index (χ1v) is 20.7. The summed E-state index contributed by atoms with van der Waals surface area (Å²) < 4.78 is 12.7. The first-order valence-electron chi connectivity index (χ1n) is 18.0. The van der Waals surface area contributed by atoms with Crippen LogP contribution in [0.25, 0.3) is 0 Å². The van der Waals surface area contributed by atoms with Gasteiger partial charge in [0.25, 0.3) is 8.32 Å². The summed E-state index contributed by atoms with van der Waals surface area (Å²) >= 11 is 13.1. The van der Waals surface area contributed by atoms with Crippen molar-refractivity contribution in [1.29, 1.82) is 0 Å². The van der Waals surface area contributed by atoms with E-state index < -0.39 is 13.7 Å². The van der Waals surface area contributed by atoms with Crippen molar-refractivity contribution in [3.05, 3.63) is 130 Å². The molecule has 8 heteroatoms. The molecule has 1 heterocycles. The van der Waals surface area contributed by atoms with Crippen LogP contribution in [0.1, 0.15) is 77.0 Å². The largest absolute Gasteiger partial charge is 0.469 e. The monoisotopic (exact) mass is 741 g/mol. The Morgan fingerprint density at radius 1 is 0.882 bits per heavy atom. The lowest BCUT2D eigenvalue weighted by Gasteiger charge is -2.53. The van der Waals surface area contributed by atoms with E-state index in [1.54, 1.807) is 0 Å². The fourth-order valence-electron chi connectivity index (χ4n) is 8.75. The second-order valence-electron chi connectivity index (χ2n) is 15.5. The van der Waals surface area contributed by atoms with Gasteiger partial charge in [-0.15, -0.1) is 0 Å². The molecule has 2 fully saturated rings. The fraction of sp³-hybridized carbons (Fsp3) is 0.395. The number of hydrogen-bond donors (Lipinski definition) is 0. The van der Waals surface area contributed by atoms with Gasteiger partial charge in [-0.25, -0.2) is 0 Å². The Kier molecular flexibility index (Phi) is 10.9. The summed E-state index contributed by atoms with van der Waals surface area (Å²) in [5.41, 5.74) is 1.26. The number of benzene rings is 4. The third kappa shape index (κ3) is 7.05. The van der Waals surface area contributed by atoms with Gasteiger partial charge in [0.2, 0.25) is 5.91 Å². The van der Waals surface area contributed by atoms with Gasteiger partial charge in [-0.05, 0) is 76.0 Å². The molecule has 2 aliphatic rings. The average molecular weight is 743 g/mol. The molecule has 6 rings (SSSR count). The molecule has 0 bridgehead atoms. The molecule has 4 aromatic rings. The summed E-state index contributed by atoms with van der Waals surface area (Å²) in [5.74, 6) is -0.723. The molecule has 1 aliphatic heterocycles. The molecule has 1 amide bonds. The van der Waals surface area contributed by atoms with Crippen molar-refractivity contribution in [1.82, 2.24) is 4.90 Å². The number of methoxy groups -OCH3 is 1. The smallest absolute Gasteiger partial charge is 0.308 e. The van der Waals surface area contributed by atoms with E-state index in [9.17, 15) is 4.79 Å².